The molecule has 0 radical (unpaired) electrons. The molecular formula is C11H11N3O4S. The Kier molecular flexibility index (Phi) is 3.54. The summed E-state index contributed by atoms with van der Waals surface area (Å²) in [5.74, 6) is -0.691. The van der Waals surface area contributed by atoms with Crippen LogP contribution < -0.4 is 16.0 Å². The van der Waals surface area contributed by atoms with Crippen molar-refractivity contribution < 1.29 is 17.6 Å². The number of sulfonamides is 1. The van der Waals surface area contributed by atoms with Gasteiger partial charge in [0, 0.05) is 5.69 Å². The first-order chi connectivity index (χ1) is 8.99. The molecule has 2 rings (SSSR count). The molecule has 2 aromatic rings. The number of hydrazine groups is 1. The Hall–Kier alpha value is -2.32. The molecule has 1 aromatic heterocycles. The number of rotatable bonds is 4. The van der Waals surface area contributed by atoms with Crippen LogP contribution in [0.1, 0.15) is 10.6 Å². The third kappa shape index (κ3) is 3.12. The zero-order valence-corrected chi connectivity index (χ0v) is 10.5. The van der Waals surface area contributed by atoms with Crippen molar-refractivity contribution in [3.05, 3.63) is 48.4 Å². The summed E-state index contributed by atoms with van der Waals surface area (Å²) >= 11 is 0. The largest absolute Gasteiger partial charge is 0.459 e. The fourth-order valence-corrected chi connectivity index (χ4v) is 2.13. The number of benzene rings is 1. The van der Waals surface area contributed by atoms with Gasteiger partial charge in [0.25, 0.3) is 10.0 Å². The smallest absolute Gasteiger partial charge is 0.301 e. The highest BCUT2D eigenvalue weighted by molar-refractivity contribution is 7.89. The third-order valence-corrected chi connectivity index (χ3v) is 3.50. The first-order valence-corrected chi connectivity index (χ1v) is 6.68. The highest BCUT2D eigenvalue weighted by Crippen LogP contribution is 2.10. The van der Waals surface area contributed by atoms with E-state index < -0.39 is 15.9 Å². The van der Waals surface area contributed by atoms with E-state index in [1.54, 1.807) is 0 Å². The molecule has 0 saturated carbocycles. The summed E-state index contributed by atoms with van der Waals surface area (Å²) in [6, 6.07) is 8.48. The molecule has 8 heteroatoms. The number of nitrogen functional groups attached to an aromatic ring is 1. The predicted molar refractivity (Wildman–Crippen MR) is 67.4 cm³/mol. The molecule has 0 spiro atoms. The molecule has 1 aromatic carbocycles. The molecule has 0 atom stereocenters. The summed E-state index contributed by atoms with van der Waals surface area (Å²) in [7, 11) is -3.84. The topological polar surface area (TPSA) is 114 Å². The first kappa shape index (κ1) is 13.1. The predicted octanol–water partition coefficient (Wildman–Crippen LogP) is 0.485. The minimum absolute atomic E-state index is 0.00000567. The number of furan rings is 1. The van der Waals surface area contributed by atoms with E-state index in [0.717, 1.165) is 0 Å². The van der Waals surface area contributed by atoms with E-state index in [4.69, 9.17) is 10.2 Å². The van der Waals surface area contributed by atoms with Crippen molar-refractivity contribution in [2.45, 2.75) is 4.90 Å². The summed E-state index contributed by atoms with van der Waals surface area (Å²) in [5.41, 5.74) is 7.94. The normalized spacial score (nSPS) is 11.2. The number of hydrogen-bond donors (Lipinski definition) is 3. The van der Waals surface area contributed by atoms with E-state index in [0.29, 0.717) is 5.69 Å². The van der Waals surface area contributed by atoms with Gasteiger partial charge in [0.1, 0.15) is 0 Å². The van der Waals surface area contributed by atoms with E-state index in [-0.39, 0.29) is 10.7 Å². The van der Waals surface area contributed by atoms with Crippen LogP contribution in [0.4, 0.5) is 5.69 Å². The molecule has 0 bridgehead atoms. The van der Waals surface area contributed by atoms with Crippen LogP contribution in [0.25, 0.3) is 0 Å². The quantitative estimate of drug-likeness (QED) is 0.557. The second-order valence-electron chi connectivity index (χ2n) is 3.61. The fourth-order valence-electron chi connectivity index (χ4n) is 1.29. The molecular weight excluding hydrogens is 270 g/mol. The minimum Gasteiger partial charge on any atom is -0.459 e. The molecule has 0 aliphatic rings. The summed E-state index contributed by atoms with van der Waals surface area (Å²) in [5, 5.41) is 0. The Morgan fingerprint density at radius 1 is 1.16 bits per heavy atom. The van der Waals surface area contributed by atoms with Gasteiger partial charge in [-0.15, -0.1) is 4.83 Å². The molecule has 7 nitrogen and oxygen atoms in total. The summed E-state index contributed by atoms with van der Waals surface area (Å²) < 4.78 is 28.5. The summed E-state index contributed by atoms with van der Waals surface area (Å²) in [4.78, 5) is 13.4. The minimum atomic E-state index is -3.84. The number of nitrogens with two attached hydrogens (primary N) is 1. The maximum absolute atomic E-state index is 11.8. The Balaban J connectivity index is 2.06. The zero-order valence-electron chi connectivity index (χ0n) is 9.66. The number of hydrogen-bond acceptors (Lipinski definition) is 5. The van der Waals surface area contributed by atoms with E-state index >= 15 is 0 Å². The molecule has 0 unspecified atom stereocenters. The van der Waals surface area contributed by atoms with Gasteiger partial charge in [0.15, 0.2) is 5.76 Å². The average molecular weight is 281 g/mol. The lowest BCUT2D eigenvalue weighted by molar-refractivity contribution is 0.0917. The molecule has 19 heavy (non-hydrogen) atoms. The van der Waals surface area contributed by atoms with Crippen molar-refractivity contribution in [2.24, 2.45) is 0 Å². The molecule has 4 N–H and O–H groups in total. The van der Waals surface area contributed by atoms with Gasteiger partial charge in [-0.3, -0.25) is 10.2 Å². The van der Waals surface area contributed by atoms with Crippen molar-refractivity contribution >= 4 is 21.6 Å². The van der Waals surface area contributed by atoms with Crippen LogP contribution in [0.2, 0.25) is 0 Å². The zero-order chi connectivity index (χ0) is 13.9. The van der Waals surface area contributed by atoms with Crippen LogP contribution in [0.5, 0.6) is 0 Å². The standard InChI is InChI=1S/C11H11N3O4S/c12-8-3-5-9(6-4-8)19(16,17)14-13-11(15)10-2-1-7-18-10/h1-7,14H,12H2,(H,13,15). The van der Waals surface area contributed by atoms with Gasteiger partial charge in [-0.2, -0.15) is 0 Å². The van der Waals surface area contributed by atoms with Gasteiger partial charge in [-0.1, -0.05) is 0 Å². The van der Waals surface area contributed by atoms with Gasteiger partial charge < -0.3 is 10.2 Å². The van der Waals surface area contributed by atoms with Crippen molar-refractivity contribution in [1.82, 2.24) is 10.3 Å². The van der Waals surface area contributed by atoms with Gasteiger partial charge in [0.2, 0.25) is 0 Å². The Morgan fingerprint density at radius 3 is 2.42 bits per heavy atom. The summed E-state index contributed by atoms with van der Waals surface area (Å²) in [6.45, 7) is 0. The lowest BCUT2D eigenvalue weighted by Crippen LogP contribution is -2.41. The molecule has 0 aliphatic heterocycles. The first-order valence-electron chi connectivity index (χ1n) is 5.20. The Bertz CT molecular complexity index is 662. The van der Waals surface area contributed by atoms with Crippen LogP contribution in [-0.4, -0.2) is 14.3 Å². The van der Waals surface area contributed by atoms with Crippen LogP contribution >= 0.6 is 0 Å². The monoisotopic (exact) mass is 281 g/mol. The highest BCUT2D eigenvalue weighted by atomic mass is 32.2. The van der Waals surface area contributed by atoms with Crippen LogP contribution in [0.3, 0.4) is 0 Å². The maximum Gasteiger partial charge on any atom is 0.301 e. The van der Waals surface area contributed by atoms with E-state index in [2.05, 4.69) is 0 Å². The second kappa shape index (κ2) is 5.12. The van der Waals surface area contributed by atoms with Gasteiger partial charge in [0.05, 0.1) is 11.2 Å². The molecule has 0 saturated heterocycles. The van der Waals surface area contributed by atoms with Crippen molar-refractivity contribution in [2.75, 3.05) is 5.73 Å². The van der Waals surface area contributed by atoms with Crippen molar-refractivity contribution in [1.29, 1.82) is 0 Å². The third-order valence-electron chi connectivity index (χ3n) is 2.23. The van der Waals surface area contributed by atoms with Crippen LogP contribution in [0.15, 0.2) is 52.0 Å². The number of amides is 1. The fraction of sp³-hybridized carbons (Fsp3) is 0. The molecule has 1 amide bonds. The van der Waals surface area contributed by atoms with E-state index in [1.807, 2.05) is 10.3 Å². The number of nitrogens with one attached hydrogen (secondary N) is 2. The number of carbonyl (C=O) groups excluding carboxylic acids is 1. The lowest BCUT2D eigenvalue weighted by atomic mass is 10.3. The van der Waals surface area contributed by atoms with E-state index in [1.165, 1.54) is 42.7 Å². The number of anilines is 1. The van der Waals surface area contributed by atoms with Gasteiger partial charge >= 0.3 is 5.91 Å². The molecule has 1 heterocycles. The van der Waals surface area contributed by atoms with Crippen molar-refractivity contribution in [3.8, 4) is 0 Å². The second-order valence-corrected chi connectivity index (χ2v) is 5.29. The highest BCUT2D eigenvalue weighted by Gasteiger charge is 2.16. The molecule has 0 fully saturated rings. The number of carbonyl (C=O) groups is 1. The molecule has 0 aliphatic carbocycles. The maximum atomic E-state index is 11.8. The average Bonchev–Trinajstić information content (AvgIpc) is 2.90. The lowest BCUT2D eigenvalue weighted by Gasteiger charge is -2.07. The SMILES string of the molecule is Nc1ccc(S(=O)(=O)NNC(=O)c2ccco2)cc1. The Morgan fingerprint density at radius 2 is 1.84 bits per heavy atom. The van der Waals surface area contributed by atoms with Gasteiger partial charge in [-0.25, -0.2) is 8.42 Å². The Labute approximate surface area is 109 Å². The van der Waals surface area contributed by atoms with E-state index in [9.17, 15) is 13.2 Å². The van der Waals surface area contributed by atoms with Crippen LogP contribution in [0, 0.1) is 0 Å². The summed E-state index contributed by atoms with van der Waals surface area (Å²) in [6.07, 6.45) is 1.31. The van der Waals surface area contributed by atoms with Gasteiger partial charge in [-0.05, 0) is 36.4 Å². The van der Waals surface area contributed by atoms with Crippen LogP contribution in [-0.2, 0) is 10.0 Å². The van der Waals surface area contributed by atoms with Crippen molar-refractivity contribution in [3.63, 3.8) is 0 Å². The molecule has 100 valence electrons.